The van der Waals surface area contributed by atoms with Crippen LogP contribution in [0.25, 0.3) is 11.1 Å². The fourth-order valence-corrected chi connectivity index (χ4v) is 4.26. The number of hydrogen-bond acceptors (Lipinski definition) is 4. The smallest absolute Gasteiger partial charge is 0.335 e. The van der Waals surface area contributed by atoms with Crippen molar-refractivity contribution in [2.45, 2.75) is 26.2 Å². The van der Waals surface area contributed by atoms with Gasteiger partial charge in [0.2, 0.25) is 0 Å². The Morgan fingerprint density at radius 3 is 2.32 bits per heavy atom. The van der Waals surface area contributed by atoms with Gasteiger partial charge in [-0.15, -0.1) is 0 Å². The molecule has 34 heavy (non-hydrogen) atoms. The van der Waals surface area contributed by atoms with Crippen molar-refractivity contribution in [2.24, 2.45) is 5.16 Å². The SMILES string of the molecule is Cc1cc(/C(CC(c2ccc(-c3cccc(C(=O)O)c3)cc2)c2ccccc2C)=N\O)ccn1. The predicted octanol–water partition coefficient (Wildman–Crippen LogP) is 6.46. The van der Waals surface area contributed by atoms with E-state index in [0.717, 1.165) is 39.1 Å². The molecule has 0 fully saturated rings. The maximum Gasteiger partial charge on any atom is 0.335 e. The maximum absolute atomic E-state index is 11.4. The third kappa shape index (κ3) is 5.04. The van der Waals surface area contributed by atoms with E-state index in [1.54, 1.807) is 24.4 Å². The number of carboxylic acids is 1. The fraction of sp³-hybridized carbons (Fsp3) is 0.138. The molecule has 2 N–H and O–H groups in total. The Kier molecular flexibility index (Phi) is 6.83. The lowest BCUT2D eigenvalue weighted by molar-refractivity contribution is 0.0697. The number of aryl methyl sites for hydroxylation is 2. The summed E-state index contributed by atoms with van der Waals surface area (Å²) < 4.78 is 0. The molecule has 5 nitrogen and oxygen atoms in total. The zero-order chi connectivity index (χ0) is 24.1. The van der Waals surface area contributed by atoms with Crippen molar-refractivity contribution in [3.05, 3.63) is 125 Å². The Morgan fingerprint density at radius 1 is 0.882 bits per heavy atom. The van der Waals surface area contributed by atoms with E-state index in [-0.39, 0.29) is 11.5 Å². The van der Waals surface area contributed by atoms with Crippen LogP contribution in [0.1, 0.15) is 50.6 Å². The van der Waals surface area contributed by atoms with Crippen LogP contribution in [-0.4, -0.2) is 27.0 Å². The quantitative estimate of drug-likeness (QED) is 0.192. The zero-order valence-electron chi connectivity index (χ0n) is 19.1. The lowest BCUT2D eigenvalue weighted by atomic mass is 9.83. The van der Waals surface area contributed by atoms with E-state index in [9.17, 15) is 15.1 Å². The van der Waals surface area contributed by atoms with Gasteiger partial charge in [-0.05, 0) is 65.9 Å². The summed E-state index contributed by atoms with van der Waals surface area (Å²) in [4.78, 5) is 15.6. The van der Waals surface area contributed by atoms with Crippen molar-refractivity contribution in [3.8, 4) is 11.1 Å². The van der Waals surface area contributed by atoms with E-state index in [0.29, 0.717) is 12.1 Å². The first-order valence-corrected chi connectivity index (χ1v) is 11.1. The van der Waals surface area contributed by atoms with E-state index < -0.39 is 5.97 Å². The molecule has 0 radical (unpaired) electrons. The molecule has 4 aromatic rings. The van der Waals surface area contributed by atoms with Gasteiger partial charge in [-0.3, -0.25) is 4.98 Å². The van der Waals surface area contributed by atoms with Gasteiger partial charge in [-0.1, -0.05) is 65.8 Å². The van der Waals surface area contributed by atoms with Crippen LogP contribution in [0.2, 0.25) is 0 Å². The first-order chi connectivity index (χ1) is 16.5. The molecule has 4 rings (SSSR count). The Bertz CT molecular complexity index is 1340. The number of rotatable bonds is 7. The monoisotopic (exact) mass is 450 g/mol. The predicted molar refractivity (Wildman–Crippen MR) is 134 cm³/mol. The van der Waals surface area contributed by atoms with E-state index >= 15 is 0 Å². The van der Waals surface area contributed by atoms with Gasteiger partial charge in [0.15, 0.2) is 0 Å². The third-order valence-electron chi connectivity index (χ3n) is 6.07. The molecule has 0 aliphatic heterocycles. The van der Waals surface area contributed by atoms with Gasteiger partial charge < -0.3 is 10.3 Å². The van der Waals surface area contributed by atoms with E-state index in [1.165, 1.54) is 0 Å². The highest BCUT2D eigenvalue weighted by molar-refractivity contribution is 6.01. The summed E-state index contributed by atoms with van der Waals surface area (Å²) in [6, 6.07) is 27.1. The minimum absolute atomic E-state index is 0.0278. The molecule has 0 bridgehead atoms. The van der Waals surface area contributed by atoms with Crippen molar-refractivity contribution < 1.29 is 15.1 Å². The van der Waals surface area contributed by atoms with E-state index in [1.807, 2.05) is 49.4 Å². The van der Waals surface area contributed by atoms with Crippen LogP contribution in [-0.2, 0) is 0 Å². The molecule has 0 saturated heterocycles. The molecule has 3 aromatic carbocycles. The van der Waals surface area contributed by atoms with Gasteiger partial charge in [0.1, 0.15) is 0 Å². The van der Waals surface area contributed by atoms with Crippen molar-refractivity contribution in [2.75, 3.05) is 0 Å². The molecule has 1 aromatic heterocycles. The third-order valence-corrected chi connectivity index (χ3v) is 6.07. The molecule has 0 saturated carbocycles. The number of benzene rings is 3. The van der Waals surface area contributed by atoms with Crippen molar-refractivity contribution >= 4 is 11.7 Å². The lowest BCUT2D eigenvalue weighted by Crippen LogP contribution is -2.12. The first kappa shape index (κ1) is 22.9. The van der Waals surface area contributed by atoms with Crippen LogP contribution in [0.15, 0.2) is 96.3 Å². The molecule has 0 aliphatic rings. The van der Waals surface area contributed by atoms with Crippen LogP contribution in [0.3, 0.4) is 0 Å². The topological polar surface area (TPSA) is 82.8 Å². The number of nitrogens with zero attached hydrogens (tertiary/aromatic N) is 2. The highest BCUT2D eigenvalue weighted by Crippen LogP contribution is 2.33. The number of oxime groups is 1. The van der Waals surface area contributed by atoms with Crippen LogP contribution in [0.4, 0.5) is 0 Å². The van der Waals surface area contributed by atoms with Gasteiger partial charge in [0, 0.05) is 29.8 Å². The molecule has 1 heterocycles. The fourth-order valence-electron chi connectivity index (χ4n) is 4.26. The molecule has 1 unspecified atom stereocenters. The summed E-state index contributed by atoms with van der Waals surface area (Å²) in [5.41, 5.74) is 7.76. The molecular formula is C29H26N2O3. The standard InChI is InChI=1S/C29H26N2O3/c1-19-6-3-4-9-26(19)27(18-28(31-34)24-14-15-30-20(2)16-24)22-12-10-21(11-13-22)23-7-5-8-25(17-23)29(32)33/h3-17,27,34H,18H2,1-2H3,(H,32,33)/b31-28-. The minimum atomic E-state index is -0.944. The largest absolute Gasteiger partial charge is 0.478 e. The zero-order valence-corrected chi connectivity index (χ0v) is 19.1. The summed E-state index contributed by atoms with van der Waals surface area (Å²) in [5.74, 6) is -0.972. The van der Waals surface area contributed by atoms with E-state index in [2.05, 4.69) is 41.3 Å². The molecule has 170 valence electrons. The average Bonchev–Trinajstić information content (AvgIpc) is 2.86. The Labute approximate surface area is 199 Å². The maximum atomic E-state index is 11.4. The Hall–Kier alpha value is -4.25. The second-order valence-electron chi connectivity index (χ2n) is 8.35. The molecule has 5 heteroatoms. The van der Waals surface area contributed by atoms with Gasteiger partial charge in [-0.2, -0.15) is 0 Å². The van der Waals surface area contributed by atoms with Gasteiger partial charge in [0.05, 0.1) is 11.3 Å². The molecule has 0 amide bonds. The second kappa shape index (κ2) is 10.1. The minimum Gasteiger partial charge on any atom is -0.478 e. The lowest BCUT2D eigenvalue weighted by Gasteiger charge is -2.21. The molecule has 0 aliphatic carbocycles. The first-order valence-electron chi connectivity index (χ1n) is 11.1. The average molecular weight is 451 g/mol. The summed E-state index contributed by atoms with van der Waals surface area (Å²) in [6.45, 7) is 4.00. The van der Waals surface area contributed by atoms with Crippen molar-refractivity contribution in [1.29, 1.82) is 0 Å². The second-order valence-corrected chi connectivity index (χ2v) is 8.35. The Balaban J connectivity index is 1.72. The summed E-state index contributed by atoms with van der Waals surface area (Å²) in [7, 11) is 0. The molecule has 0 spiro atoms. The number of carbonyl (C=O) groups is 1. The number of aromatic carboxylic acids is 1. The molecule has 1 atom stereocenters. The number of carboxylic acid groups (broad SMARTS) is 1. The van der Waals surface area contributed by atoms with E-state index in [4.69, 9.17) is 0 Å². The number of pyridine rings is 1. The normalized spacial score (nSPS) is 12.4. The van der Waals surface area contributed by atoms with Gasteiger partial charge >= 0.3 is 5.97 Å². The summed E-state index contributed by atoms with van der Waals surface area (Å²) in [6.07, 6.45) is 2.23. The van der Waals surface area contributed by atoms with Crippen molar-refractivity contribution in [1.82, 2.24) is 4.98 Å². The molecular weight excluding hydrogens is 424 g/mol. The number of aromatic nitrogens is 1. The van der Waals surface area contributed by atoms with Crippen molar-refractivity contribution in [3.63, 3.8) is 0 Å². The Morgan fingerprint density at radius 2 is 1.65 bits per heavy atom. The van der Waals surface area contributed by atoms with Crippen LogP contribution < -0.4 is 0 Å². The summed E-state index contributed by atoms with van der Waals surface area (Å²) in [5, 5.41) is 22.8. The van der Waals surface area contributed by atoms with Crippen LogP contribution >= 0.6 is 0 Å². The highest BCUT2D eigenvalue weighted by Gasteiger charge is 2.20. The van der Waals surface area contributed by atoms with Crippen LogP contribution in [0.5, 0.6) is 0 Å². The van der Waals surface area contributed by atoms with Gasteiger partial charge in [-0.25, -0.2) is 4.79 Å². The highest BCUT2D eigenvalue weighted by atomic mass is 16.4. The number of hydrogen-bond donors (Lipinski definition) is 2. The van der Waals surface area contributed by atoms with Gasteiger partial charge in [0.25, 0.3) is 0 Å². The van der Waals surface area contributed by atoms with Crippen LogP contribution in [0, 0.1) is 13.8 Å². The summed E-state index contributed by atoms with van der Waals surface area (Å²) >= 11 is 0.